The normalized spacial score (nSPS) is 10.9. The van der Waals surface area contributed by atoms with E-state index in [-0.39, 0.29) is 28.8 Å². The second kappa shape index (κ2) is 7.91. The van der Waals surface area contributed by atoms with Crippen molar-refractivity contribution in [1.29, 1.82) is 0 Å². The Balaban J connectivity index is 2.14. The van der Waals surface area contributed by atoms with Crippen LogP contribution in [0.3, 0.4) is 0 Å². The minimum atomic E-state index is -0.618. The third-order valence-electron chi connectivity index (χ3n) is 5.24. The zero-order valence-corrected chi connectivity index (χ0v) is 17.0. The van der Waals surface area contributed by atoms with Crippen molar-refractivity contribution in [3.63, 3.8) is 0 Å². The molecule has 0 amide bonds. The Morgan fingerprint density at radius 1 is 0.839 bits per heavy atom. The third kappa shape index (κ3) is 3.28. The topological polar surface area (TPSA) is 95.1 Å². The van der Waals surface area contributed by atoms with E-state index in [4.69, 9.17) is 0 Å². The van der Waals surface area contributed by atoms with Gasteiger partial charge < -0.3 is 5.32 Å². The highest BCUT2D eigenvalue weighted by atomic mass is 16.2. The van der Waals surface area contributed by atoms with Crippen LogP contribution in [0.25, 0.3) is 16.7 Å². The van der Waals surface area contributed by atoms with Crippen molar-refractivity contribution in [2.24, 2.45) is 14.1 Å². The van der Waals surface area contributed by atoms with Crippen LogP contribution in [0.5, 0.6) is 0 Å². The first-order valence-corrected chi connectivity index (χ1v) is 9.62. The number of hydrogen-bond acceptors (Lipinski definition) is 5. The number of benzene rings is 2. The van der Waals surface area contributed by atoms with E-state index >= 15 is 0 Å². The molecule has 1 N–H and O–H groups in total. The highest BCUT2D eigenvalue weighted by Crippen LogP contribution is 2.23. The molecular formula is C23H20N4O4. The molecule has 0 radical (unpaired) electrons. The lowest BCUT2D eigenvalue weighted by molar-refractivity contribution is 0.112. The van der Waals surface area contributed by atoms with Crippen molar-refractivity contribution in [3.05, 3.63) is 103 Å². The summed E-state index contributed by atoms with van der Waals surface area (Å²) in [5.74, 6) is 0. The van der Waals surface area contributed by atoms with E-state index in [0.717, 1.165) is 10.1 Å². The van der Waals surface area contributed by atoms with Gasteiger partial charge >= 0.3 is 5.69 Å². The van der Waals surface area contributed by atoms with Crippen molar-refractivity contribution in [1.82, 2.24) is 13.7 Å². The van der Waals surface area contributed by atoms with Crippen molar-refractivity contribution in [2.75, 3.05) is 5.32 Å². The quantitative estimate of drug-likeness (QED) is 0.501. The maximum Gasteiger partial charge on any atom is 0.332 e. The maximum atomic E-state index is 13.4. The molecule has 0 aliphatic carbocycles. The summed E-state index contributed by atoms with van der Waals surface area (Å²) in [5.41, 5.74) is -0.390. The molecule has 0 atom stereocenters. The molecule has 4 aromatic rings. The Labute approximate surface area is 176 Å². The average Bonchev–Trinajstić information content (AvgIpc) is 2.80. The molecule has 4 rings (SSSR count). The van der Waals surface area contributed by atoms with E-state index in [1.54, 1.807) is 30.3 Å². The summed E-state index contributed by atoms with van der Waals surface area (Å²) in [6.45, 7) is 0.289. The molecule has 8 nitrogen and oxygen atoms in total. The average molecular weight is 416 g/mol. The summed E-state index contributed by atoms with van der Waals surface area (Å²) in [7, 11) is 2.86. The zero-order valence-electron chi connectivity index (χ0n) is 17.0. The Kier molecular flexibility index (Phi) is 5.12. The molecular weight excluding hydrogens is 396 g/mol. The monoisotopic (exact) mass is 416 g/mol. The largest absolute Gasteiger partial charge is 0.379 e. The van der Waals surface area contributed by atoms with Gasteiger partial charge in [0.2, 0.25) is 0 Å². The van der Waals surface area contributed by atoms with Crippen molar-refractivity contribution in [3.8, 4) is 5.69 Å². The Bertz CT molecular complexity index is 1470. The number of nitrogens with one attached hydrogen (secondary N) is 1. The first-order chi connectivity index (χ1) is 15.0. The SMILES string of the molecule is Cn1c(=O)c2c(NCc3ccccc3)c(C=O)c(=O)n(-c3ccccc3)c2n(C)c1=O. The number of hydrogen-bond donors (Lipinski definition) is 1. The summed E-state index contributed by atoms with van der Waals surface area (Å²) >= 11 is 0. The summed E-state index contributed by atoms with van der Waals surface area (Å²) in [5, 5.41) is 3.17. The van der Waals surface area contributed by atoms with Crippen molar-refractivity contribution in [2.45, 2.75) is 6.54 Å². The highest BCUT2D eigenvalue weighted by molar-refractivity contribution is 5.99. The third-order valence-corrected chi connectivity index (χ3v) is 5.24. The number of nitrogens with zero attached hydrogens (tertiary/aromatic N) is 3. The van der Waals surface area contributed by atoms with E-state index in [1.807, 2.05) is 30.3 Å². The number of carbonyl (C=O) groups is 1. The van der Waals surface area contributed by atoms with E-state index in [1.165, 1.54) is 23.2 Å². The van der Waals surface area contributed by atoms with Gasteiger partial charge in [-0.05, 0) is 17.7 Å². The van der Waals surface area contributed by atoms with Gasteiger partial charge in [-0.1, -0.05) is 48.5 Å². The molecule has 156 valence electrons. The number of anilines is 1. The van der Waals surface area contributed by atoms with E-state index in [2.05, 4.69) is 5.32 Å². The van der Waals surface area contributed by atoms with Crippen molar-refractivity contribution >= 4 is 23.0 Å². The van der Waals surface area contributed by atoms with Crippen LogP contribution in [-0.4, -0.2) is 20.0 Å². The van der Waals surface area contributed by atoms with E-state index in [9.17, 15) is 19.2 Å². The van der Waals surface area contributed by atoms with Crippen molar-refractivity contribution < 1.29 is 4.79 Å². The predicted molar refractivity (Wildman–Crippen MR) is 119 cm³/mol. The lowest BCUT2D eigenvalue weighted by atomic mass is 10.1. The zero-order chi connectivity index (χ0) is 22.1. The molecule has 2 aromatic carbocycles. The molecule has 0 saturated heterocycles. The molecule has 2 aromatic heterocycles. The fraction of sp³-hybridized carbons (Fsp3) is 0.130. The molecule has 0 aliphatic heterocycles. The van der Waals surface area contributed by atoms with Crippen LogP contribution < -0.4 is 22.1 Å². The minimum absolute atomic E-state index is 0.0890. The Morgan fingerprint density at radius 3 is 2.06 bits per heavy atom. The van der Waals surface area contributed by atoms with Gasteiger partial charge in [-0.2, -0.15) is 0 Å². The number of aromatic nitrogens is 3. The summed E-state index contributed by atoms with van der Waals surface area (Å²) in [6.07, 6.45) is 0.444. The van der Waals surface area contributed by atoms with Crippen LogP contribution >= 0.6 is 0 Å². The molecule has 0 bridgehead atoms. The molecule has 8 heteroatoms. The highest BCUT2D eigenvalue weighted by Gasteiger charge is 2.23. The maximum absolute atomic E-state index is 13.4. The molecule has 2 heterocycles. The minimum Gasteiger partial charge on any atom is -0.379 e. The lowest BCUT2D eigenvalue weighted by Crippen LogP contribution is -2.40. The summed E-state index contributed by atoms with van der Waals surface area (Å²) in [4.78, 5) is 51.2. The van der Waals surface area contributed by atoms with Gasteiger partial charge in [-0.25, -0.2) is 4.79 Å². The van der Waals surface area contributed by atoms with Crippen LogP contribution in [0.15, 0.2) is 75.0 Å². The van der Waals surface area contributed by atoms with Crippen LogP contribution in [0.2, 0.25) is 0 Å². The molecule has 0 fully saturated rings. The van der Waals surface area contributed by atoms with Gasteiger partial charge in [0.15, 0.2) is 6.29 Å². The second-order valence-corrected chi connectivity index (χ2v) is 7.13. The first kappa shape index (κ1) is 20.1. The van der Waals surface area contributed by atoms with Gasteiger partial charge in [0.05, 0.1) is 11.4 Å². The van der Waals surface area contributed by atoms with Gasteiger partial charge in [-0.3, -0.25) is 28.1 Å². The number of para-hydroxylation sites is 1. The van der Waals surface area contributed by atoms with Gasteiger partial charge in [0.25, 0.3) is 11.1 Å². The summed E-state index contributed by atoms with van der Waals surface area (Å²) in [6, 6.07) is 18.0. The molecule has 0 spiro atoms. The number of aryl methyl sites for hydroxylation is 1. The number of carbonyl (C=O) groups excluding carboxylic acids is 1. The number of pyridine rings is 1. The van der Waals surface area contributed by atoms with Gasteiger partial charge in [0, 0.05) is 20.6 Å². The lowest BCUT2D eigenvalue weighted by Gasteiger charge is -2.19. The fourth-order valence-corrected chi connectivity index (χ4v) is 3.67. The van der Waals surface area contributed by atoms with Gasteiger partial charge in [0.1, 0.15) is 16.6 Å². The Morgan fingerprint density at radius 2 is 1.45 bits per heavy atom. The number of fused-ring (bicyclic) bond motifs is 1. The van der Waals surface area contributed by atoms with Crippen LogP contribution in [0, 0.1) is 0 Å². The van der Waals surface area contributed by atoms with E-state index < -0.39 is 16.8 Å². The standard InChI is InChI=1S/C23H20N4O4/c1-25-20-18(22(30)26(2)23(25)31)19(24-13-15-9-5-3-6-10-15)17(14-28)21(29)27(20)16-11-7-4-8-12-16/h3-12,14,24H,13H2,1-2H3. The number of rotatable bonds is 5. The van der Waals surface area contributed by atoms with Crippen LogP contribution in [0.1, 0.15) is 15.9 Å². The van der Waals surface area contributed by atoms with Gasteiger partial charge in [-0.15, -0.1) is 0 Å². The summed E-state index contributed by atoms with van der Waals surface area (Å²) < 4.78 is 3.44. The number of aldehydes is 1. The molecule has 0 unspecified atom stereocenters. The molecule has 0 saturated carbocycles. The first-order valence-electron chi connectivity index (χ1n) is 9.62. The second-order valence-electron chi connectivity index (χ2n) is 7.13. The smallest absolute Gasteiger partial charge is 0.332 e. The van der Waals surface area contributed by atoms with E-state index in [0.29, 0.717) is 12.0 Å². The molecule has 31 heavy (non-hydrogen) atoms. The predicted octanol–water partition coefficient (Wildman–Crippen LogP) is 1.81. The van der Waals surface area contributed by atoms with Crippen LogP contribution in [0.4, 0.5) is 5.69 Å². The Hall–Kier alpha value is -4.20. The fourth-order valence-electron chi connectivity index (χ4n) is 3.67. The molecule has 0 aliphatic rings. The van der Waals surface area contributed by atoms with Crippen LogP contribution in [-0.2, 0) is 20.6 Å².